The molecule has 2 N–H and O–H groups in total. The van der Waals surface area contributed by atoms with E-state index < -0.39 is 0 Å². The summed E-state index contributed by atoms with van der Waals surface area (Å²) in [6.07, 6.45) is 1.19. The van der Waals surface area contributed by atoms with E-state index in [1.807, 2.05) is 12.1 Å². The SMILES string of the molecule is COc1ccc(N)cc1[C@@H]1CCN(C(C)C)C1. The van der Waals surface area contributed by atoms with Crippen molar-refractivity contribution in [2.24, 2.45) is 0 Å². The van der Waals surface area contributed by atoms with E-state index in [2.05, 4.69) is 24.8 Å². The molecule has 0 unspecified atom stereocenters. The standard InChI is InChI=1S/C14H22N2O/c1-10(2)16-7-6-11(9-16)13-8-12(15)4-5-14(13)17-3/h4-5,8,10-11H,6-7,9,15H2,1-3H3/t11-/m1/s1. The van der Waals surface area contributed by atoms with Crippen molar-refractivity contribution in [3.63, 3.8) is 0 Å². The van der Waals surface area contributed by atoms with Gasteiger partial charge in [0, 0.05) is 29.8 Å². The fraction of sp³-hybridized carbons (Fsp3) is 0.571. The Bertz CT molecular complexity index is 390. The maximum Gasteiger partial charge on any atom is 0.122 e. The lowest BCUT2D eigenvalue weighted by Gasteiger charge is -2.21. The van der Waals surface area contributed by atoms with Crippen molar-refractivity contribution in [2.75, 3.05) is 25.9 Å². The first-order chi connectivity index (χ1) is 8.11. The van der Waals surface area contributed by atoms with E-state index in [9.17, 15) is 0 Å². The number of ether oxygens (including phenoxy) is 1. The van der Waals surface area contributed by atoms with Crippen molar-refractivity contribution in [3.05, 3.63) is 23.8 Å². The van der Waals surface area contributed by atoms with Gasteiger partial charge in [0.2, 0.25) is 0 Å². The number of rotatable bonds is 3. The molecule has 0 bridgehead atoms. The number of nitrogen functional groups attached to an aromatic ring is 1. The Morgan fingerprint density at radius 1 is 1.41 bits per heavy atom. The number of likely N-dealkylation sites (tertiary alicyclic amines) is 1. The second-order valence-corrected chi connectivity index (χ2v) is 5.08. The normalized spacial score (nSPS) is 21.1. The Morgan fingerprint density at radius 3 is 2.76 bits per heavy atom. The number of hydrogen-bond donors (Lipinski definition) is 1. The highest BCUT2D eigenvalue weighted by Gasteiger charge is 2.27. The molecule has 1 aromatic rings. The molecule has 3 nitrogen and oxygen atoms in total. The summed E-state index contributed by atoms with van der Waals surface area (Å²) >= 11 is 0. The first-order valence-electron chi connectivity index (χ1n) is 6.29. The summed E-state index contributed by atoms with van der Waals surface area (Å²) in [7, 11) is 1.73. The molecule has 1 heterocycles. The van der Waals surface area contributed by atoms with Crippen LogP contribution >= 0.6 is 0 Å². The van der Waals surface area contributed by atoms with E-state index >= 15 is 0 Å². The molecule has 17 heavy (non-hydrogen) atoms. The van der Waals surface area contributed by atoms with Gasteiger partial charge in [0.25, 0.3) is 0 Å². The van der Waals surface area contributed by atoms with Crippen LogP contribution in [0.4, 0.5) is 5.69 Å². The molecule has 2 rings (SSSR count). The van der Waals surface area contributed by atoms with Crippen LogP contribution in [0, 0.1) is 0 Å². The molecule has 0 amide bonds. The smallest absolute Gasteiger partial charge is 0.122 e. The predicted molar refractivity (Wildman–Crippen MR) is 71.5 cm³/mol. The summed E-state index contributed by atoms with van der Waals surface area (Å²) in [5.41, 5.74) is 7.96. The minimum atomic E-state index is 0.552. The fourth-order valence-corrected chi connectivity index (χ4v) is 2.58. The second kappa shape index (κ2) is 4.96. The van der Waals surface area contributed by atoms with Gasteiger partial charge in [0.1, 0.15) is 5.75 Å². The van der Waals surface area contributed by atoms with Crippen LogP contribution in [-0.4, -0.2) is 31.1 Å². The summed E-state index contributed by atoms with van der Waals surface area (Å²) in [5, 5.41) is 0. The van der Waals surface area contributed by atoms with Gasteiger partial charge < -0.3 is 15.4 Å². The van der Waals surface area contributed by atoms with Crippen LogP contribution in [0.5, 0.6) is 5.75 Å². The van der Waals surface area contributed by atoms with E-state index in [-0.39, 0.29) is 0 Å². The number of anilines is 1. The first kappa shape index (κ1) is 12.2. The van der Waals surface area contributed by atoms with Crippen molar-refractivity contribution >= 4 is 5.69 Å². The Balaban J connectivity index is 2.20. The van der Waals surface area contributed by atoms with Gasteiger partial charge >= 0.3 is 0 Å². The quantitative estimate of drug-likeness (QED) is 0.817. The molecule has 0 radical (unpaired) electrons. The molecule has 0 aliphatic carbocycles. The van der Waals surface area contributed by atoms with Crippen LogP contribution in [0.2, 0.25) is 0 Å². The zero-order valence-corrected chi connectivity index (χ0v) is 10.9. The van der Waals surface area contributed by atoms with Gasteiger partial charge in [-0.1, -0.05) is 0 Å². The minimum absolute atomic E-state index is 0.552. The number of hydrogen-bond acceptors (Lipinski definition) is 3. The van der Waals surface area contributed by atoms with Gasteiger partial charge in [0.05, 0.1) is 7.11 Å². The van der Waals surface area contributed by atoms with E-state index in [1.54, 1.807) is 7.11 Å². The number of nitrogens with zero attached hydrogens (tertiary/aromatic N) is 1. The maximum absolute atomic E-state index is 5.88. The molecule has 0 aromatic heterocycles. The first-order valence-corrected chi connectivity index (χ1v) is 6.29. The topological polar surface area (TPSA) is 38.5 Å². The van der Waals surface area contributed by atoms with Crippen LogP contribution in [-0.2, 0) is 0 Å². The van der Waals surface area contributed by atoms with Crippen LogP contribution < -0.4 is 10.5 Å². The van der Waals surface area contributed by atoms with Gasteiger partial charge in [0.15, 0.2) is 0 Å². The highest BCUT2D eigenvalue weighted by atomic mass is 16.5. The van der Waals surface area contributed by atoms with E-state index in [4.69, 9.17) is 10.5 Å². The van der Waals surface area contributed by atoms with Crippen molar-refractivity contribution in [2.45, 2.75) is 32.2 Å². The zero-order valence-electron chi connectivity index (χ0n) is 10.9. The second-order valence-electron chi connectivity index (χ2n) is 5.08. The van der Waals surface area contributed by atoms with Crippen LogP contribution in [0.1, 0.15) is 31.7 Å². The lowest BCUT2D eigenvalue weighted by molar-refractivity contribution is 0.272. The molecule has 1 fully saturated rings. The third-order valence-corrected chi connectivity index (χ3v) is 3.64. The average Bonchev–Trinajstić information content (AvgIpc) is 2.78. The van der Waals surface area contributed by atoms with Gasteiger partial charge in [-0.2, -0.15) is 0 Å². The highest BCUT2D eigenvalue weighted by molar-refractivity contribution is 5.49. The molecule has 1 saturated heterocycles. The third-order valence-electron chi connectivity index (χ3n) is 3.64. The lowest BCUT2D eigenvalue weighted by Crippen LogP contribution is -2.27. The molecule has 1 aliphatic rings. The van der Waals surface area contributed by atoms with Crippen LogP contribution in [0.25, 0.3) is 0 Å². The van der Waals surface area contributed by atoms with Crippen molar-refractivity contribution in [3.8, 4) is 5.75 Å². The summed E-state index contributed by atoms with van der Waals surface area (Å²) in [4.78, 5) is 2.51. The molecule has 3 heteroatoms. The van der Waals surface area contributed by atoms with Gasteiger partial charge in [-0.15, -0.1) is 0 Å². The van der Waals surface area contributed by atoms with Crippen molar-refractivity contribution < 1.29 is 4.74 Å². The van der Waals surface area contributed by atoms with Crippen LogP contribution in [0.15, 0.2) is 18.2 Å². The van der Waals surface area contributed by atoms with E-state index in [0.29, 0.717) is 12.0 Å². The Hall–Kier alpha value is -1.22. The summed E-state index contributed by atoms with van der Waals surface area (Å²) in [5.74, 6) is 1.52. The van der Waals surface area contributed by atoms with E-state index in [0.717, 1.165) is 18.0 Å². The van der Waals surface area contributed by atoms with Crippen LogP contribution in [0.3, 0.4) is 0 Å². The Kier molecular flexibility index (Phi) is 3.57. The summed E-state index contributed by atoms with van der Waals surface area (Å²) < 4.78 is 5.43. The number of methoxy groups -OCH3 is 1. The van der Waals surface area contributed by atoms with Gasteiger partial charge in [-0.25, -0.2) is 0 Å². The predicted octanol–water partition coefficient (Wildman–Crippen LogP) is 2.48. The minimum Gasteiger partial charge on any atom is -0.496 e. The summed E-state index contributed by atoms with van der Waals surface area (Å²) in [6, 6.07) is 6.56. The Labute approximate surface area is 104 Å². The number of nitrogens with two attached hydrogens (primary N) is 1. The van der Waals surface area contributed by atoms with Gasteiger partial charge in [-0.05, 0) is 45.0 Å². The van der Waals surface area contributed by atoms with Crippen molar-refractivity contribution in [1.82, 2.24) is 4.90 Å². The molecule has 0 spiro atoms. The molecule has 0 saturated carbocycles. The molecular formula is C14H22N2O. The monoisotopic (exact) mass is 234 g/mol. The maximum atomic E-state index is 5.88. The Morgan fingerprint density at radius 2 is 2.18 bits per heavy atom. The molecule has 1 aromatic carbocycles. The molecular weight excluding hydrogens is 212 g/mol. The van der Waals surface area contributed by atoms with Crippen molar-refractivity contribution in [1.29, 1.82) is 0 Å². The average molecular weight is 234 g/mol. The molecule has 94 valence electrons. The molecule has 1 atom stereocenters. The fourth-order valence-electron chi connectivity index (χ4n) is 2.58. The lowest BCUT2D eigenvalue weighted by atomic mass is 9.97. The molecule has 1 aliphatic heterocycles. The van der Waals surface area contributed by atoms with Gasteiger partial charge in [-0.3, -0.25) is 0 Å². The largest absolute Gasteiger partial charge is 0.496 e. The third kappa shape index (κ3) is 2.55. The summed E-state index contributed by atoms with van der Waals surface area (Å²) in [6.45, 7) is 6.77. The number of benzene rings is 1. The zero-order chi connectivity index (χ0) is 12.4. The van der Waals surface area contributed by atoms with E-state index in [1.165, 1.54) is 18.5 Å². The highest BCUT2D eigenvalue weighted by Crippen LogP contribution is 2.35.